The summed E-state index contributed by atoms with van der Waals surface area (Å²) in [5.74, 6) is 0. The summed E-state index contributed by atoms with van der Waals surface area (Å²) in [7, 11) is 6.16. The van der Waals surface area contributed by atoms with Crippen LogP contribution in [0.3, 0.4) is 0 Å². The molecule has 0 aromatic carbocycles. The molecule has 0 spiro atoms. The predicted octanol–water partition coefficient (Wildman–Crippen LogP) is 2.04. The average molecular weight is 345 g/mol. The van der Waals surface area contributed by atoms with E-state index in [4.69, 9.17) is 4.74 Å². The summed E-state index contributed by atoms with van der Waals surface area (Å²) in [4.78, 5) is 2.17. The van der Waals surface area contributed by atoms with Crippen molar-refractivity contribution in [1.29, 1.82) is 0 Å². The van der Waals surface area contributed by atoms with Crippen molar-refractivity contribution in [3.05, 3.63) is 16.4 Å². The van der Waals surface area contributed by atoms with E-state index in [1.807, 2.05) is 13.2 Å². The van der Waals surface area contributed by atoms with Gasteiger partial charge in [0.2, 0.25) is 0 Å². The number of ether oxygens (including phenoxy) is 1. The fraction of sp³-hybridized carbons (Fsp3) is 0.786. The summed E-state index contributed by atoms with van der Waals surface area (Å²) in [6, 6.07) is 0.189. The van der Waals surface area contributed by atoms with Gasteiger partial charge in [-0.2, -0.15) is 5.10 Å². The van der Waals surface area contributed by atoms with E-state index in [1.54, 1.807) is 0 Å². The van der Waals surface area contributed by atoms with Crippen molar-refractivity contribution in [2.75, 3.05) is 34.3 Å². The van der Waals surface area contributed by atoms with Gasteiger partial charge in [-0.1, -0.05) is 0 Å². The molecule has 1 fully saturated rings. The van der Waals surface area contributed by atoms with E-state index < -0.39 is 0 Å². The molecule has 0 aliphatic carbocycles. The minimum atomic E-state index is 0.189. The Balaban J connectivity index is 2.17. The molecule has 0 bridgehead atoms. The first-order chi connectivity index (χ1) is 9.63. The van der Waals surface area contributed by atoms with Crippen LogP contribution in [0.25, 0.3) is 0 Å². The number of halogens is 1. The van der Waals surface area contributed by atoms with Gasteiger partial charge in [-0.15, -0.1) is 0 Å². The van der Waals surface area contributed by atoms with Crippen molar-refractivity contribution in [2.24, 2.45) is 0 Å². The van der Waals surface area contributed by atoms with Crippen LogP contribution in [0.4, 0.5) is 0 Å². The molecule has 2 unspecified atom stereocenters. The molecule has 1 saturated heterocycles. The normalized spacial score (nSPS) is 21.4. The summed E-state index contributed by atoms with van der Waals surface area (Å²) in [6.07, 6.45) is 5.65. The Hall–Kier alpha value is -0.430. The molecule has 0 saturated carbocycles. The van der Waals surface area contributed by atoms with Crippen molar-refractivity contribution in [3.8, 4) is 0 Å². The zero-order valence-electron chi connectivity index (χ0n) is 12.6. The Labute approximate surface area is 129 Å². The molecule has 1 aromatic rings. The third-order valence-electron chi connectivity index (χ3n) is 3.78. The van der Waals surface area contributed by atoms with Gasteiger partial charge in [0.1, 0.15) is 0 Å². The van der Waals surface area contributed by atoms with Crippen LogP contribution in [-0.2, 0) is 11.3 Å². The molecule has 5 nitrogen and oxygen atoms in total. The van der Waals surface area contributed by atoms with Gasteiger partial charge >= 0.3 is 0 Å². The number of nitrogens with zero attached hydrogens (tertiary/aromatic N) is 3. The molecular weight excluding hydrogens is 320 g/mol. The summed E-state index contributed by atoms with van der Waals surface area (Å²) in [6.45, 7) is 2.73. The van der Waals surface area contributed by atoms with Gasteiger partial charge in [0.15, 0.2) is 0 Å². The van der Waals surface area contributed by atoms with E-state index in [9.17, 15) is 0 Å². The molecule has 20 heavy (non-hydrogen) atoms. The second-order valence-corrected chi connectivity index (χ2v) is 6.43. The number of aromatic nitrogens is 2. The highest BCUT2D eigenvalue weighted by molar-refractivity contribution is 9.10. The van der Waals surface area contributed by atoms with Crippen LogP contribution in [0.5, 0.6) is 0 Å². The molecule has 2 heterocycles. The van der Waals surface area contributed by atoms with Gasteiger partial charge in [-0.25, -0.2) is 0 Å². The quantitative estimate of drug-likeness (QED) is 0.857. The standard InChI is InChI=1S/C14H25BrN4O/c1-16-13(12-6-4-5-9-20-12)14-11(15)10-17-19(14)8-7-18(2)3/h10,12-13,16H,4-9H2,1-3H3. The molecule has 1 aromatic heterocycles. The van der Waals surface area contributed by atoms with Crippen LogP contribution in [0, 0.1) is 0 Å². The highest BCUT2D eigenvalue weighted by Crippen LogP contribution is 2.30. The van der Waals surface area contributed by atoms with Gasteiger partial charge in [0.25, 0.3) is 0 Å². The Kier molecular flexibility index (Phi) is 6.01. The smallest absolute Gasteiger partial charge is 0.0785 e. The van der Waals surface area contributed by atoms with E-state index in [1.165, 1.54) is 18.5 Å². The monoisotopic (exact) mass is 344 g/mol. The number of hydrogen-bond donors (Lipinski definition) is 1. The van der Waals surface area contributed by atoms with Crippen molar-refractivity contribution >= 4 is 15.9 Å². The first-order valence-corrected chi connectivity index (χ1v) is 8.07. The van der Waals surface area contributed by atoms with Gasteiger partial charge < -0.3 is 15.0 Å². The predicted molar refractivity (Wildman–Crippen MR) is 83.9 cm³/mol. The minimum absolute atomic E-state index is 0.189. The third kappa shape index (κ3) is 3.81. The lowest BCUT2D eigenvalue weighted by atomic mass is 9.99. The molecule has 2 atom stereocenters. The Morgan fingerprint density at radius 3 is 2.95 bits per heavy atom. The Morgan fingerprint density at radius 2 is 2.35 bits per heavy atom. The SMILES string of the molecule is CNC(c1c(Br)cnn1CCN(C)C)C1CCCCO1. The summed E-state index contributed by atoms with van der Waals surface area (Å²) < 4.78 is 9.10. The van der Waals surface area contributed by atoms with E-state index in [0.29, 0.717) is 0 Å². The first kappa shape index (κ1) is 15.9. The Bertz CT molecular complexity index is 415. The summed E-state index contributed by atoms with van der Waals surface area (Å²) in [5.41, 5.74) is 1.20. The maximum atomic E-state index is 5.96. The van der Waals surface area contributed by atoms with Gasteiger partial charge in [-0.05, 0) is 56.3 Å². The van der Waals surface area contributed by atoms with Crippen LogP contribution in [0.15, 0.2) is 10.7 Å². The molecule has 0 radical (unpaired) electrons. The topological polar surface area (TPSA) is 42.3 Å². The Morgan fingerprint density at radius 1 is 1.55 bits per heavy atom. The second kappa shape index (κ2) is 7.54. The zero-order chi connectivity index (χ0) is 14.5. The lowest BCUT2D eigenvalue weighted by molar-refractivity contribution is -0.00861. The molecular formula is C14H25BrN4O. The number of nitrogens with one attached hydrogen (secondary N) is 1. The molecule has 0 amide bonds. The summed E-state index contributed by atoms with van der Waals surface area (Å²) in [5, 5.41) is 7.91. The van der Waals surface area contributed by atoms with Crippen molar-refractivity contribution in [1.82, 2.24) is 20.0 Å². The third-order valence-corrected chi connectivity index (χ3v) is 4.40. The van der Waals surface area contributed by atoms with E-state index in [-0.39, 0.29) is 12.1 Å². The lowest BCUT2D eigenvalue weighted by Gasteiger charge is -2.31. The maximum Gasteiger partial charge on any atom is 0.0785 e. The highest BCUT2D eigenvalue weighted by Gasteiger charge is 2.29. The van der Waals surface area contributed by atoms with E-state index in [2.05, 4.69) is 50.0 Å². The lowest BCUT2D eigenvalue weighted by Crippen LogP contribution is -2.36. The highest BCUT2D eigenvalue weighted by atomic mass is 79.9. The van der Waals surface area contributed by atoms with Crippen LogP contribution in [0.2, 0.25) is 0 Å². The molecule has 1 aliphatic rings. The van der Waals surface area contributed by atoms with Crippen molar-refractivity contribution < 1.29 is 4.74 Å². The van der Waals surface area contributed by atoms with Gasteiger partial charge in [0, 0.05) is 13.2 Å². The molecule has 2 rings (SSSR count). The van der Waals surface area contributed by atoms with E-state index in [0.717, 1.165) is 30.6 Å². The van der Waals surface area contributed by atoms with Crippen LogP contribution < -0.4 is 5.32 Å². The molecule has 1 N–H and O–H groups in total. The number of likely N-dealkylation sites (N-methyl/N-ethyl adjacent to an activating group) is 2. The van der Waals surface area contributed by atoms with E-state index >= 15 is 0 Å². The van der Waals surface area contributed by atoms with Crippen LogP contribution in [-0.4, -0.2) is 55.1 Å². The van der Waals surface area contributed by atoms with Crippen LogP contribution in [0.1, 0.15) is 31.0 Å². The van der Waals surface area contributed by atoms with Crippen molar-refractivity contribution in [2.45, 2.75) is 38.0 Å². The van der Waals surface area contributed by atoms with Gasteiger partial charge in [-0.3, -0.25) is 4.68 Å². The van der Waals surface area contributed by atoms with Crippen molar-refractivity contribution in [3.63, 3.8) is 0 Å². The zero-order valence-corrected chi connectivity index (χ0v) is 14.2. The fourth-order valence-electron chi connectivity index (χ4n) is 2.68. The first-order valence-electron chi connectivity index (χ1n) is 7.28. The molecule has 6 heteroatoms. The fourth-order valence-corrected chi connectivity index (χ4v) is 3.22. The minimum Gasteiger partial charge on any atom is -0.376 e. The van der Waals surface area contributed by atoms with Gasteiger partial charge in [0.05, 0.1) is 35.1 Å². The average Bonchev–Trinajstić information content (AvgIpc) is 2.80. The largest absolute Gasteiger partial charge is 0.376 e. The summed E-state index contributed by atoms with van der Waals surface area (Å²) >= 11 is 3.64. The van der Waals surface area contributed by atoms with Crippen LogP contribution >= 0.6 is 15.9 Å². The molecule has 114 valence electrons. The molecule has 1 aliphatic heterocycles. The number of rotatable bonds is 6. The maximum absolute atomic E-state index is 5.96. The number of hydrogen-bond acceptors (Lipinski definition) is 4. The second-order valence-electron chi connectivity index (χ2n) is 5.58.